The summed E-state index contributed by atoms with van der Waals surface area (Å²) in [4.78, 5) is 36.7. The van der Waals surface area contributed by atoms with Crippen molar-refractivity contribution in [1.29, 1.82) is 0 Å². The first-order valence-corrected chi connectivity index (χ1v) is 13.7. The van der Waals surface area contributed by atoms with Gasteiger partial charge in [0.2, 0.25) is 0 Å². The quantitative estimate of drug-likeness (QED) is 0.175. The van der Waals surface area contributed by atoms with Crippen molar-refractivity contribution >= 4 is 35.2 Å². The third-order valence-corrected chi connectivity index (χ3v) is 6.32. The van der Waals surface area contributed by atoms with Crippen LogP contribution in [0.1, 0.15) is 50.3 Å². The molecule has 2 aliphatic heterocycles. The highest BCUT2D eigenvalue weighted by Crippen LogP contribution is 2.29. The monoisotopic (exact) mass is 547 g/mol. The zero-order valence-corrected chi connectivity index (χ0v) is 23.5. The number of esters is 1. The molecule has 0 saturated heterocycles. The van der Waals surface area contributed by atoms with E-state index in [1.807, 2.05) is 106 Å². The maximum atomic E-state index is 13.5. The molecule has 0 fully saturated rings. The number of carbonyl (C=O) groups excluding carboxylic acids is 2. The van der Waals surface area contributed by atoms with Gasteiger partial charge in [-0.15, -0.1) is 0 Å². The molecule has 0 spiro atoms. The van der Waals surface area contributed by atoms with Crippen molar-refractivity contribution in [3.63, 3.8) is 0 Å². The predicted octanol–water partition coefficient (Wildman–Crippen LogP) is 6.46. The molecule has 0 aliphatic carbocycles. The van der Waals surface area contributed by atoms with Crippen LogP contribution in [0.3, 0.4) is 0 Å². The van der Waals surface area contributed by atoms with Crippen molar-refractivity contribution in [3.05, 3.63) is 114 Å². The van der Waals surface area contributed by atoms with Crippen molar-refractivity contribution in [2.24, 2.45) is 9.98 Å². The molecule has 208 valence electrons. The lowest BCUT2D eigenvalue weighted by atomic mass is 10.1. The fourth-order valence-corrected chi connectivity index (χ4v) is 4.51. The van der Waals surface area contributed by atoms with E-state index < -0.39 is 5.60 Å². The van der Waals surface area contributed by atoms with Crippen LogP contribution in [-0.2, 0) is 20.7 Å². The molecular weight excluding hydrogens is 514 g/mol. The summed E-state index contributed by atoms with van der Waals surface area (Å²) >= 11 is 0. The highest BCUT2D eigenvalue weighted by molar-refractivity contribution is 6.48. The predicted molar refractivity (Wildman–Crippen MR) is 161 cm³/mol. The van der Waals surface area contributed by atoms with Gasteiger partial charge in [-0.3, -0.25) is 14.5 Å². The maximum absolute atomic E-state index is 13.5. The third kappa shape index (κ3) is 7.25. The molecule has 3 aromatic carbocycles. The Morgan fingerprint density at radius 1 is 0.927 bits per heavy atom. The van der Waals surface area contributed by atoms with Crippen molar-refractivity contribution < 1.29 is 19.1 Å². The third-order valence-electron chi connectivity index (χ3n) is 6.32. The molecular formula is C34H33N3O4. The normalized spacial score (nSPS) is 15.7. The number of aliphatic imine (C=N–C) groups is 2. The van der Waals surface area contributed by atoms with Crippen molar-refractivity contribution in [1.82, 2.24) is 4.90 Å². The summed E-state index contributed by atoms with van der Waals surface area (Å²) in [7, 11) is 0. The smallest absolute Gasteiger partial charge is 0.306 e. The van der Waals surface area contributed by atoms with Crippen LogP contribution in [0.5, 0.6) is 5.75 Å². The van der Waals surface area contributed by atoms with Crippen molar-refractivity contribution in [3.8, 4) is 5.75 Å². The molecule has 2 heterocycles. The minimum absolute atomic E-state index is 0.211. The molecule has 0 unspecified atom stereocenters. The zero-order valence-electron chi connectivity index (χ0n) is 23.5. The molecule has 3 aromatic rings. The molecule has 1 amide bonds. The molecule has 0 radical (unpaired) electrons. The van der Waals surface area contributed by atoms with Crippen LogP contribution in [0.2, 0.25) is 0 Å². The van der Waals surface area contributed by atoms with Crippen LogP contribution in [-0.4, -0.2) is 40.5 Å². The number of fused-ring (bicyclic) bond motifs is 1. The van der Waals surface area contributed by atoms with E-state index in [2.05, 4.69) is 0 Å². The average molecular weight is 548 g/mol. The van der Waals surface area contributed by atoms with Gasteiger partial charge in [0, 0.05) is 24.6 Å². The van der Waals surface area contributed by atoms with Gasteiger partial charge in [0.1, 0.15) is 17.0 Å². The highest BCUT2D eigenvalue weighted by Gasteiger charge is 2.35. The second-order valence-electron chi connectivity index (χ2n) is 10.9. The zero-order chi connectivity index (χ0) is 28.8. The first kappa shape index (κ1) is 27.8. The summed E-state index contributed by atoms with van der Waals surface area (Å²) in [6, 6.07) is 27.3. The Morgan fingerprint density at radius 3 is 2.39 bits per heavy atom. The lowest BCUT2D eigenvalue weighted by molar-refractivity contribution is -0.155. The summed E-state index contributed by atoms with van der Waals surface area (Å²) in [5.74, 6) is 0.739. The summed E-state index contributed by atoms with van der Waals surface area (Å²) in [6.45, 7) is 5.93. The summed E-state index contributed by atoms with van der Waals surface area (Å²) in [5.41, 5.74) is 4.08. The van der Waals surface area contributed by atoms with E-state index in [9.17, 15) is 9.59 Å². The maximum Gasteiger partial charge on any atom is 0.306 e. The van der Waals surface area contributed by atoms with Gasteiger partial charge >= 0.3 is 5.97 Å². The Bertz CT molecular complexity index is 1550. The Balaban J connectivity index is 1.33. The molecule has 41 heavy (non-hydrogen) atoms. The van der Waals surface area contributed by atoms with Crippen LogP contribution in [0.15, 0.2) is 107 Å². The number of ether oxygens (including phenoxy) is 2. The largest absolute Gasteiger partial charge is 0.494 e. The molecule has 7 nitrogen and oxygen atoms in total. The van der Waals surface area contributed by atoms with Gasteiger partial charge in [-0.05, 0) is 56.5 Å². The number of rotatable bonds is 9. The van der Waals surface area contributed by atoms with Gasteiger partial charge in [0.15, 0.2) is 5.84 Å². The van der Waals surface area contributed by atoms with E-state index >= 15 is 0 Å². The van der Waals surface area contributed by atoms with E-state index in [0.29, 0.717) is 42.4 Å². The number of carbonyl (C=O) groups is 2. The lowest BCUT2D eigenvalue weighted by Crippen LogP contribution is -2.36. The molecule has 0 N–H and O–H groups in total. The van der Waals surface area contributed by atoms with Crippen molar-refractivity contribution in [2.45, 2.75) is 45.6 Å². The topological polar surface area (TPSA) is 80.6 Å². The molecule has 2 aliphatic rings. The highest BCUT2D eigenvalue weighted by atomic mass is 16.6. The van der Waals surface area contributed by atoms with Gasteiger partial charge in [-0.25, -0.2) is 9.98 Å². The molecule has 0 aromatic heterocycles. The van der Waals surface area contributed by atoms with Gasteiger partial charge in [0.05, 0.1) is 18.0 Å². The second-order valence-corrected chi connectivity index (χ2v) is 10.9. The minimum atomic E-state index is -0.498. The number of amides is 1. The fourth-order valence-electron chi connectivity index (χ4n) is 4.51. The molecule has 0 bridgehead atoms. The lowest BCUT2D eigenvalue weighted by Gasteiger charge is -2.21. The standard InChI is InChI=1S/C34H33N3O4/c1-34(2,3)41-31(38)18-11-19-40-27-17-10-14-25(20-27)22-29-33(39)37-23-30(26-15-8-5-9-16-26)35-28(32(37)36-29)21-24-12-6-4-7-13-24/h4-10,12-17,20,22-23H,11,18-19,21H2,1-3H3/b29-22-. The molecule has 7 heteroatoms. The first-order chi connectivity index (χ1) is 19.7. The minimum Gasteiger partial charge on any atom is -0.494 e. The SMILES string of the molecule is CC(C)(C)OC(=O)CCCOc1cccc(/C=C2\N=C3C(Cc4ccccc4)=NC(c4ccccc4)=CN3C2=O)c1. The number of hydrogen-bond donors (Lipinski definition) is 0. The van der Waals surface area contributed by atoms with E-state index in [0.717, 1.165) is 22.4 Å². The second kappa shape index (κ2) is 12.2. The first-order valence-electron chi connectivity index (χ1n) is 13.7. The number of nitrogens with zero attached hydrogens (tertiary/aromatic N) is 3. The fraction of sp³-hybridized carbons (Fsp3) is 0.235. The summed E-state index contributed by atoms with van der Waals surface area (Å²) < 4.78 is 11.2. The van der Waals surface area contributed by atoms with Crippen LogP contribution in [0, 0.1) is 0 Å². The molecule has 0 saturated carbocycles. The van der Waals surface area contributed by atoms with Crippen LogP contribution in [0.25, 0.3) is 11.8 Å². The van der Waals surface area contributed by atoms with E-state index in [1.165, 1.54) is 0 Å². The van der Waals surface area contributed by atoms with E-state index in [4.69, 9.17) is 19.5 Å². The van der Waals surface area contributed by atoms with E-state index in [1.54, 1.807) is 17.2 Å². The Hall–Kier alpha value is -4.78. The average Bonchev–Trinajstić information content (AvgIpc) is 3.26. The van der Waals surface area contributed by atoms with Crippen LogP contribution < -0.4 is 4.74 Å². The van der Waals surface area contributed by atoms with Gasteiger partial charge < -0.3 is 9.47 Å². The number of amidine groups is 1. The van der Waals surface area contributed by atoms with Gasteiger partial charge in [-0.1, -0.05) is 72.8 Å². The summed E-state index contributed by atoms with van der Waals surface area (Å²) in [6.07, 6.45) is 4.90. The van der Waals surface area contributed by atoms with Gasteiger partial charge in [-0.2, -0.15) is 0 Å². The number of hydrogen-bond acceptors (Lipinski definition) is 6. The Kier molecular flexibility index (Phi) is 8.24. The summed E-state index contributed by atoms with van der Waals surface area (Å²) in [5, 5.41) is 0. The number of benzene rings is 3. The molecule has 5 rings (SSSR count). The van der Waals surface area contributed by atoms with Gasteiger partial charge in [0.25, 0.3) is 5.91 Å². The van der Waals surface area contributed by atoms with Crippen molar-refractivity contribution in [2.75, 3.05) is 6.61 Å². The van der Waals surface area contributed by atoms with Crippen LogP contribution in [0.4, 0.5) is 0 Å². The Morgan fingerprint density at radius 2 is 1.66 bits per heavy atom. The Labute approximate surface area is 240 Å². The molecule has 0 atom stereocenters. The van der Waals surface area contributed by atoms with Crippen LogP contribution >= 0.6 is 0 Å². The van der Waals surface area contributed by atoms with E-state index in [-0.39, 0.29) is 18.3 Å².